The summed E-state index contributed by atoms with van der Waals surface area (Å²) in [5, 5.41) is 18.2. The molecule has 0 amide bonds. The standard InChI is InChI=1S/C13H13ClN2O3S/c14-12-2-1-3-13(17)11(12)8-16-9-4-6-10(7-5-9)20(15,18)19/h1-7,16-17H,8H2,(H2,15,18,19). The first-order chi connectivity index (χ1) is 9.38. The van der Waals surface area contributed by atoms with Crippen LogP contribution in [-0.4, -0.2) is 13.5 Å². The Labute approximate surface area is 122 Å². The monoisotopic (exact) mass is 312 g/mol. The van der Waals surface area contributed by atoms with Gasteiger partial charge in [0.25, 0.3) is 0 Å². The molecule has 2 aromatic rings. The normalized spacial score (nSPS) is 11.3. The fraction of sp³-hybridized carbons (Fsp3) is 0.0769. The Bertz CT molecular complexity index is 695. The smallest absolute Gasteiger partial charge is 0.238 e. The van der Waals surface area contributed by atoms with Gasteiger partial charge in [-0.05, 0) is 36.4 Å². The molecule has 0 aliphatic carbocycles. The molecule has 0 aliphatic heterocycles. The summed E-state index contributed by atoms with van der Waals surface area (Å²) < 4.78 is 22.2. The Hall–Kier alpha value is -1.76. The molecule has 7 heteroatoms. The Morgan fingerprint density at radius 3 is 2.35 bits per heavy atom. The molecule has 0 unspecified atom stereocenters. The lowest BCUT2D eigenvalue weighted by atomic mass is 10.2. The number of hydrogen-bond acceptors (Lipinski definition) is 4. The molecule has 0 heterocycles. The highest BCUT2D eigenvalue weighted by molar-refractivity contribution is 7.89. The van der Waals surface area contributed by atoms with Crippen LogP contribution < -0.4 is 10.5 Å². The van der Waals surface area contributed by atoms with Gasteiger partial charge in [0.05, 0.1) is 4.90 Å². The molecule has 2 rings (SSSR count). The van der Waals surface area contributed by atoms with Gasteiger partial charge in [-0.3, -0.25) is 0 Å². The van der Waals surface area contributed by atoms with Crippen LogP contribution in [0.5, 0.6) is 5.75 Å². The van der Waals surface area contributed by atoms with Crippen molar-refractivity contribution in [1.29, 1.82) is 0 Å². The van der Waals surface area contributed by atoms with E-state index in [9.17, 15) is 13.5 Å². The minimum atomic E-state index is -3.69. The SMILES string of the molecule is NS(=O)(=O)c1ccc(NCc2c(O)cccc2Cl)cc1. The lowest BCUT2D eigenvalue weighted by molar-refractivity contribution is 0.469. The number of anilines is 1. The number of nitrogens with two attached hydrogens (primary N) is 1. The molecular formula is C13H13ClN2O3S. The van der Waals surface area contributed by atoms with Crippen LogP contribution in [0.25, 0.3) is 0 Å². The number of hydrogen-bond donors (Lipinski definition) is 3. The summed E-state index contributed by atoms with van der Waals surface area (Å²) in [6.45, 7) is 0.320. The minimum absolute atomic E-state index is 0.0450. The van der Waals surface area contributed by atoms with E-state index in [1.165, 1.54) is 12.1 Å². The van der Waals surface area contributed by atoms with Gasteiger partial charge < -0.3 is 10.4 Å². The maximum Gasteiger partial charge on any atom is 0.238 e. The number of halogens is 1. The third-order valence-electron chi connectivity index (χ3n) is 2.75. The Morgan fingerprint density at radius 1 is 1.15 bits per heavy atom. The molecule has 5 nitrogen and oxygen atoms in total. The van der Waals surface area contributed by atoms with Crippen molar-refractivity contribution in [2.45, 2.75) is 11.4 Å². The van der Waals surface area contributed by atoms with Crippen LogP contribution in [0.2, 0.25) is 5.02 Å². The highest BCUT2D eigenvalue weighted by Crippen LogP contribution is 2.26. The van der Waals surface area contributed by atoms with Crippen molar-refractivity contribution in [1.82, 2.24) is 0 Å². The van der Waals surface area contributed by atoms with Crippen LogP contribution in [0, 0.1) is 0 Å². The van der Waals surface area contributed by atoms with E-state index >= 15 is 0 Å². The molecule has 0 fully saturated rings. The van der Waals surface area contributed by atoms with E-state index in [4.69, 9.17) is 16.7 Å². The van der Waals surface area contributed by atoms with Gasteiger partial charge in [-0.15, -0.1) is 0 Å². The summed E-state index contributed by atoms with van der Waals surface area (Å²) >= 11 is 5.98. The van der Waals surface area contributed by atoms with E-state index in [0.717, 1.165) is 0 Å². The zero-order valence-corrected chi connectivity index (χ0v) is 11.9. The van der Waals surface area contributed by atoms with Gasteiger partial charge >= 0.3 is 0 Å². The third-order valence-corrected chi connectivity index (χ3v) is 4.03. The summed E-state index contributed by atoms with van der Waals surface area (Å²) in [4.78, 5) is 0.0450. The zero-order valence-electron chi connectivity index (χ0n) is 10.4. The highest BCUT2D eigenvalue weighted by Gasteiger charge is 2.08. The minimum Gasteiger partial charge on any atom is -0.508 e. The van der Waals surface area contributed by atoms with Gasteiger partial charge in [0, 0.05) is 22.8 Å². The van der Waals surface area contributed by atoms with E-state index in [1.54, 1.807) is 30.3 Å². The van der Waals surface area contributed by atoms with Crippen LogP contribution in [0.4, 0.5) is 5.69 Å². The number of sulfonamides is 1. The first-order valence-electron chi connectivity index (χ1n) is 5.71. The third kappa shape index (κ3) is 3.41. The largest absolute Gasteiger partial charge is 0.508 e. The van der Waals surface area contributed by atoms with Crippen LogP contribution in [-0.2, 0) is 16.6 Å². The van der Waals surface area contributed by atoms with Gasteiger partial charge in [-0.1, -0.05) is 17.7 Å². The number of phenolic OH excluding ortho intramolecular Hbond substituents is 1. The summed E-state index contributed by atoms with van der Waals surface area (Å²) in [6.07, 6.45) is 0. The first-order valence-corrected chi connectivity index (χ1v) is 7.63. The molecule has 0 bridgehead atoms. The Kier molecular flexibility index (Phi) is 4.17. The zero-order chi connectivity index (χ0) is 14.8. The number of primary sulfonamides is 1. The summed E-state index contributed by atoms with van der Waals surface area (Å²) in [5.74, 6) is 0.103. The fourth-order valence-corrected chi connectivity index (χ4v) is 2.43. The lowest BCUT2D eigenvalue weighted by Crippen LogP contribution is -2.12. The molecule has 0 saturated carbocycles. The van der Waals surface area contributed by atoms with E-state index in [-0.39, 0.29) is 10.6 Å². The Balaban J connectivity index is 2.12. The van der Waals surface area contributed by atoms with E-state index in [2.05, 4.69) is 5.32 Å². The second kappa shape index (κ2) is 5.70. The van der Waals surface area contributed by atoms with E-state index in [0.29, 0.717) is 22.8 Å². The predicted octanol–water partition coefficient (Wildman–Crippen LogP) is 2.31. The fourth-order valence-electron chi connectivity index (χ4n) is 1.68. The summed E-state index contributed by atoms with van der Waals surface area (Å²) in [6, 6.07) is 10.9. The van der Waals surface area contributed by atoms with Gasteiger partial charge in [0.2, 0.25) is 10.0 Å². The highest BCUT2D eigenvalue weighted by atomic mass is 35.5. The molecule has 0 aromatic heterocycles. The summed E-state index contributed by atoms with van der Waals surface area (Å²) in [7, 11) is -3.69. The van der Waals surface area contributed by atoms with Crippen LogP contribution >= 0.6 is 11.6 Å². The molecule has 20 heavy (non-hydrogen) atoms. The van der Waals surface area contributed by atoms with Crippen LogP contribution in [0.3, 0.4) is 0 Å². The maximum absolute atomic E-state index is 11.1. The van der Waals surface area contributed by atoms with Gasteiger partial charge in [0.1, 0.15) is 5.75 Å². The molecular weight excluding hydrogens is 300 g/mol. The van der Waals surface area contributed by atoms with Gasteiger partial charge in [-0.25, -0.2) is 13.6 Å². The van der Waals surface area contributed by atoms with Crippen molar-refractivity contribution in [2.24, 2.45) is 5.14 Å². The van der Waals surface area contributed by atoms with Crippen molar-refractivity contribution < 1.29 is 13.5 Å². The Morgan fingerprint density at radius 2 is 1.80 bits per heavy atom. The lowest BCUT2D eigenvalue weighted by Gasteiger charge is -2.10. The predicted molar refractivity (Wildman–Crippen MR) is 78.3 cm³/mol. The number of benzene rings is 2. The van der Waals surface area contributed by atoms with Crippen molar-refractivity contribution in [3.05, 3.63) is 53.1 Å². The number of phenols is 1. The average Bonchev–Trinajstić information content (AvgIpc) is 2.37. The van der Waals surface area contributed by atoms with Crippen molar-refractivity contribution in [3.63, 3.8) is 0 Å². The van der Waals surface area contributed by atoms with Crippen LogP contribution in [0.1, 0.15) is 5.56 Å². The van der Waals surface area contributed by atoms with Gasteiger partial charge in [0.15, 0.2) is 0 Å². The number of rotatable bonds is 4. The molecule has 0 spiro atoms. The molecule has 4 N–H and O–H groups in total. The van der Waals surface area contributed by atoms with Crippen LogP contribution in [0.15, 0.2) is 47.4 Å². The maximum atomic E-state index is 11.1. The second-order valence-corrected chi connectivity index (χ2v) is 6.13. The van der Waals surface area contributed by atoms with E-state index < -0.39 is 10.0 Å². The van der Waals surface area contributed by atoms with Crippen molar-refractivity contribution in [3.8, 4) is 5.75 Å². The van der Waals surface area contributed by atoms with E-state index in [1.807, 2.05) is 0 Å². The molecule has 106 valence electrons. The molecule has 0 saturated heterocycles. The molecule has 0 radical (unpaired) electrons. The molecule has 0 atom stereocenters. The number of nitrogens with one attached hydrogen (secondary N) is 1. The van der Waals surface area contributed by atoms with Crippen molar-refractivity contribution in [2.75, 3.05) is 5.32 Å². The average molecular weight is 313 g/mol. The molecule has 0 aliphatic rings. The number of aromatic hydroxyl groups is 1. The topological polar surface area (TPSA) is 92.4 Å². The van der Waals surface area contributed by atoms with Crippen molar-refractivity contribution >= 4 is 27.3 Å². The first kappa shape index (κ1) is 14.6. The van der Waals surface area contributed by atoms with Gasteiger partial charge in [-0.2, -0.15) is 0 Å². The summed E-state index contributed by atoms with van der Waals surface area (Å²) in [5.41, 5.74) is 1.27. The molecule has 2 aromatic carbocycles. The second-order valence-electron chi connectivity index (χ2n) is 4.16. The quantitative estimate of drug-likeness (QED) is 0.807.